The molecule has 0 aliphatic carbocycles. The highest BCUT2D eigenvalue weighted by Crippen LogP contribution is 2.41. The maximum Gasteiger partial charge on any atom is 0.307 e. The Balaban J connectivity index is 0.000000874. The average Bonchev–Trinajstić information content (AvgIpc) is 2.76. The van der Waals surface area contributed by atoms with Crippen LogP contribution in [0.25, 0.3) is 11.1 Å². The number of aliphatic carboxylic acids is 1. The van der Waals surface area contributed by atoms with Gasteiger partial charge in [-0.25, -0.2) is 0 Å². The van der Waals surface area contributed by atoms with E-state index in [9.17, 15) is 14.7 Å². The van der Waals surface area contributed by atoms with Gasteiger partial charge >= 0.3 is 5.97 Å². The topological polar surface area (TPSA) is 117 Å². The molecule has 1 saturated heterocycles. The van der Waals surface area contributed by atoms with Crippen LogP contribution in [-0.4, -0.2) is 45.8 Å². The van der Waals surface area contributed by atoms with E-state index in [2.05, 4.69) is 18.7 Å². The summed E-state index contributed by atoms with van der Waals surface area (Å²) >= 11 is 0. The third-order valence-electron chi connectivity index (χ3n) is 6.04. The molecule has 1 aliphatic heterocycles. The summed E-state index contributed by atoms with van der Waals surface area (Å²) in [5.41, 5.74) is 11.3. The number of carboxylic acids is 1. The average molecular weight is 514 g/mol. The molecule has 0 saturated carbocycles. The van der Waals surface area contributed by atoms with Crippen molar-refractivity contribution in [1.29, 1.82) is 0 Å². The molecule has 7 nitrogen and oxygen atoms in total. The van der Waals surface area contributed by atoms with Gasteiger partial charge in [0.25, 0.3) is 0 Å². The summed E-state index contributed by atoms with van der Waals surface area (Å²) in [7, 11) is 0. The molecular weight excluding hydrogens is 466 g/mol. The Labute approximate surface area is 223 Å². The zero-order chi connectivity index (χ0) is 28.6. The molecule has 1 aliphatic rings. The summed E-state index contributed by atoms with van der Waals surface area (Å²) < 4.78 is 0. The molecule has 3 rings (SSSR count). The fraction of sp³-hybridized carbons (Fsp3) is 0.567. The first-order valence-corrected chi connectivity index (χ1v) is 13.1. The highest BCUT2D eigenvalue weighted by Gasteiger charge is 2.30. The molecule has 206 valence electrons. The molecule has 0 spiro atoms. The maximum absolute atomic E-state index is 11.6. The van der Waals surface area contributed by atoms with Crippen LogP contribution >= 0.6 is 0 Å². The van der Waals surface area contributed by atoms with Crippen LogP contribution in [0, 0.1) is 19.3 Å². The van der Waals surface area contributed by atoms with Gasteiger partial charge in [0.1, 0.15) is 0 Å². The van der Waals surface area contributed by atoms with Crippen LogP contribution in [0.2, 0.25) is 0 Å². The quantitative estimate of drug-likeness (QED) is 0.473. The third kappa shape index (κ3) is 10.5. The Morgan fingerprint density at radius 3 is 1.92 bits per heavy atom. The number of carbonyl (C=O) groups is 2. The molecule has 1 aromatic heterocycles. The summed E-state index contributed by atoms with van der Waals surface area (Å²) in [4.78, 5) is 29.9. The molecule has 4 N–H and O–H groups in total. The molecular formula is C30H47N3O4. The minimum Gasteiger partial charge on any atom is -0.481 e. The number of anilines is 1. The summed E-state index contributed by atoms with van der Waals surface area (Å²) in [6, 6.07) is 7.75. The van der Waals surface area contributed by atoms with Gasteiger partial charge in [0.05, 0.1) is 24.1 Å². The number of piperidine rings is 1. The third-order valence-corrected chi connectivity index (χ3v) is 6.04. The lowest BCUT2D eigenvalue weighted by atomic mass is 9.82. The van der Waals surface area contributed by atoms with Gasteiger partial charge in [0.15, 0.2) is 0 Å². The standard InChI is InChI=1S/C24H31N3O3.C4H10O.C2H6/c1-15-19(14-21(29)30)23(27-11-9-24(3,4)10-12-27)22(16(2)26-15)18-7-5-17(6-8-18)13-20(25)28;1-4(2,3)5;1-2/h5-8H,9-14H2,1-4H3,(H2,25,28)(H,29,30);5H,1-3H3;1-2H3. The molecule has 37 heavy (non-hydrogen) atoms. The molecule has 2 aromatic rings. The van der Waals surface area contributed by atoms with Crippen molar-refractivity contribution in [1.82, 2.24) is 4.98 Å². The van der Waals surface area contributed by atoms with E-state index < -0.39 is 11.6 Å². The summed E-state index contributed by atoms with van der Waals surface area (Å²) in [5.74, 6) is -1.22. The van der Waals surface area contributed by atoms with Crippen LogP contribution in [0.3, 0.4) is 0 Å². The van der Waals surface area contributed by atoms with Crippen LogP contribution in [0.5, 0.6) is 0 Å². The van der Waals surface area contributed by atoms with Crippen LogP contribution in [0.1, 0.15) is 83.8 Å². The van der Waals surface area contributed by atoms with Gasteiger partial charge in [-0.15, -0.1) is 0 Å². The van der Waals surface area contributed by atoms with E-state index in [0.717, 1.165) is 65.3 Å². The van der Waals surface area contributed by atoms with E-state index in [4.69, 9.17) is 15.8 Å². The number of carbonyl (C=O) groups excluding carboxylic acids is 1. The smallest absolute Gasteiger partial charge is 0.307 e. The predicted octanol–water partition coefficient (Wildman–Crippen LogP) is 5.45. The lowest BCUT2D eigenvalue weighted by Crippen LogP contribution is -2.38. The van der Waals surface area contributed by atoms with Gasteiger partial charge in [-0.2, -0.15) is 0 Å². The number of rotatable bonds is 6. The number of pyridine rings is 1. The molecule has 1 aromatic carbocycles. The minimum absolute atomic E-state index is 0.0545. The number of aryl methyl sites for hydroxylation is 2. The number of amides is 1. The number of nitrogens with two attached hydrogens (primary N) is 1. The number of hydrogen-bond donors (Lipinski definition) is 3. The Morgan fingerprint density at radius 1 is 1.00 bits per heavy atom. The van der Waals surface area contributed by atoms with E-state index in [1.807, 2.05) is 52.0 Å². The van der Waals surface area contributed by atoms with Crippen molar-refractivity contribution < 1.29 is 19.8 Å². The van der Waals surface area contributed by atoms with Gasteiger partial charge in [-0.3, -0.25) is 14.6 Å². The van der Waals surface area contributed by atoms with E-state index in [1.165, 1.54) is 0 Å². The Kier molecular flexibility index (Phi) is 11.8. The second-order valence-corrected chi connectivity index (χ2v) is 11.2. The van der Waals surface area contributed by atoms with Gasteiger partial charge in [0, 0.05) is 35.6 Å². The fourth-order valence-corrected chi connectivity index (χ4v) is 4.25. The van der Waals surface area contributed by atoms with Crippen molar-refractivity contribution in [2.75, 3.05) is 18.0 Å². The number of primary amides is 1. The zero-order valence-corrected chi connectivity index (χ0v) is 24.2. The number of carboxylic acid groups (broad SMARTS) is 1. The molecule has 0 radical (unpaired) electrons. The Morgan fingerprint density at radius 2 is 1.49 bits per heavy atom. The Bertz CT molecular complexity index is 1040. The lowest BCUT2D eigenvalue weighted by molar-refractivity contribution is -0.136. The minimum atomic E-state index is -0.856. The highest BCUT2D eigenvalue weighted by atomic mass is 16.4. The van der Waals surface area contributed by atoms with Crippen LogP contribution < -0.4 is 10.6 Å². The SMILES string of the molecule is CC.CC(C)(C)O.Cc1nc(C)c(-c2ccc(CC(N)=O)cc2)c(N2CCC(C)(C)CC2)c1CC(=O)O. The maximum atomic E-state index is 11.6. The Hall–Kier alpha value is -2.93. The second-order valence-electron chi connectivity index (χ2n) is 11.2. The molecule has 0 bridgehead atoms. The van der Waals surface area contributed by atoms with Crippen molar-refractivity contribution in [2.45, 2.75) is 93.6 Å². The van der Waals surface area contributed by atoms with Crippen molar-refractivity contribution in [2.24, 2.45) is 11.1 Å². The number of benzene rings is 1. The van der Waals surface area contributed by atoms with E-state index in [0.29, 0.717) is 0 Å². The van der Waals surface area contributed by atoms with Crippen LogP contribution in [0.15, 0.2) is 24.3 Å². The molecule has 1 fully saturated rings. The van der Waals surface area contributed by atoms with Gasteiger partial charge in [0.2, 0.25) is 5.91 Å². The molecule has 0 atom stereocenters. The van der Waals surface area contributed by atoms with Crippen molar-refractivity contribution in [3.63, 3.8) is 0 Å². The van der Waals surface area contributed by atoms with Crippen LogP contribution in [-0.2, 0) is 22.4 Å². The van der Waals surface area contributed by atoms with Gasteiger partial charge < -0.3 is 20.8 Å². The fourth-order valence-electron chi connectivity index (χ4n) is 4.25. The normalized spacial score (nSPS) is 14.6. The largest absolute Gasteiger partial charge is 0.481 e. The van der Waals surface area contributed by atoms with E-state index >= 15 is 0 Å². The first-order valence-electron chi connectivity index (χ1n) is 13.1. The van der Waals surface area contributed by atoms with Crippen molar-refractivity contribution in [3.8, 4) is 11.1 Å². The van der Waals surface area contributed by atoms with Crippen LogP contribution in [0.4, 0.5) is 5.69 Å². The molecule has 2 heterocycles. The van der Waals surface area contributed by atoms with Crippen molar-refractivity contribution >= 4 is 17.6 Å². The first-order chi connectivity index (χ1) is 17.1. The number of aliphatic hydroxyl groups is 1. The predicted molar refractivity (Wildman–Crippen MR) is 152 cm³/mol. The zero-order valence-electron chi connectivity index (χ0n) is 24.2. The number of aromatic nitrogens is 1. The monoisotopic (exact) mass is 513 g/mol. The lowest BCUT2D eigenvalue weighted by Gasteiger charge is -2.40. The molecule has 1 amide bonds. The number of nitrogens with zero attached hydrogens (tertiary/aromatic N) is 2. The van der Waals surface area contributed by atoms with Gasteiger partial charge in [-0.1, -0.05) is 52.0 Å². The summed E-state index contributed by atoms with van der Waals surface area (Å²) in [5, 5.41) is 18.1. The summed E-state index contributed by atoms with van der Waals surface area (Å²) in [6.45, 7) is 19.4. The highest BCUT2D eigenvalue weighted by molar-refractivity contribution is 5.86. The molecule has 0 unspecified atom stereocenters. The number of hydrogen-bond acceptors (Lipinski definition) is 5. The van der Waals surface area contributed by atoms with Gasteiger partial charge in [-0.05, 0) is 64.0 Å². The van der Waals surface area contributed by atoms with E-state index in [-0.39, 0.29) is 24.2 Å². The second kappa shape index (κ2) is 13.6. The summed E-state index contributed by atoms with van der Waals surface area (Å²) in [6.07, 6.45) is 2.25. The first kappa shape index (κ1) is 32.1. The molecule has 7 heteroatoms. The van der Waals surface area contributed by atoms with Crippen molar-refractivity contribution in [3.05, 3.63) is 46.8 Å². The van der Waals surface area contributed by atoms with E-state index in [1.54, 1.807) is 20.8 Å².